The fourth-order valence-corrected chi connectivity index (χ4v) is 1.89. The molecule has 0 heterocycles. The second-order valence-corrected chi connectivity index (χ2v) is 6.68. The quantitative estimate of drug-likeness (QED) is 0.749. The standard InChI is InChI=1S/C8H18BrNO2S/c1-8(2,5-4-6-9)7-10-13(3,11)12/h10H,4-7H2,1-3H3. The van der Waals surface area contributed by atoms with Gasteiger partial charge in [0.25, 0.3) is 0 Å². The number of rotatable bonds is 6. The van der Waals surface area contributed by atoms with Gasteiger partial charge in [-0.2, -0.15) is 0 Å². The highest BCUT2D eigenvalue weighted by Crippen LogP contribution is 2.21. The monoisotopic (exact) mass is 271 g/mol. The third kappa shape index (κ3) is 8.71. The van der Waals surface area contributed by atoms with E-state index in [1.807, 2.05) is 0 Å². The maximum atomic E-state index is 10.8. The summed E-state index contributed by atoms with van der Waals surface area (Å²) in [5, 5.41) is 0.968. The van der Waals surface area contributed by atoms with Crippen LogP contribution in [0.15, 0.2) is 0 Å². The lowest BCUT2D eigenvalue weighted by molar-refractivity contribution is 0.332. The highest BCUT2D eigenvalue weighted by atomic mass is 79.9. The molecule has 0 rings (SSSR count). The van der Waals surface area contributed by atoms with E-state index < -0.39 is 10.0 Å². The number of hydrogen-bond donors (Lipinski definition) is 1. The molecule has 0 fully saturated rings. The Labute approximate surface area is 89.5 Å². The van der Waals surface area contributed by atoms with E-state index in [-0.39, 0.29) is 5.41 Å². The van der Waals surface area contributed by atoms with E-state index in [0.717, 1.165) is 18.2 Å². The third-order valence-electron chi connectivity index (χ3n) is 1.80. The van der Waals surface area contributed by atoms with Gasteiger partial charge in [-0.25, -0.2) is 13.1 Å². The van der Waals surface area contributed by atoms with Gasteiger partial charge in [-0.3, -0.25) is 0 Å². The second-order valence-electron chi connectivity index (χ2n) is 4.05. The summed E-state index contributed by atoms with van der Waals surface area (Å²) in [6, 6.07) is 0. The molecule has 0 atom stereocenters. The highest BCUT2D eigenvalue weighted by molar-refractivity contribution is 9.09. The van der Waals surface area contributed by atoms with E-state index in [2.05, 4.69) is 34.5 Å². The molecule has 0 unspecified atom stereocenters. The van der Waals surface area contributed by atoms with Crippen LogP contribution in [0.5, 0.6) is 0 Å². The summed E-state index contributed by atoms with van der Waals surface area (Å²) in [4.78, 5) is 0. The molecule has 13 heavy (non-hydrogen) atoms. The fraction of sp³-hybridized carbons (Fsp3) is 1.00. The first-order chi connectivity index (χ1) is 5.77. The Hall–Kier alpha value is 0.390. The number of halogens is 1. The van der Waals surface area contributed by atoms with Crippen LogP contribution in [-0.4, -0.2) is 26.5 Å². The molecule has 0 aromatic carbocycles. The zero-order chi connectivity index (χ0) is 10.5. The summed E-state index contributed by atoms with van der Waals surface area (Å²) < 4.78 is 24.2. The maximum absolute atomic E-state index is 10.8. The minimum Gasteiger partial charge on any atom is -0.215 e. The van der Waals surface area contributed by atoms with Crippen LogP contribution in [0.4, 0.5) is 0 Å². The fourth-order valence-electron chi connectivity index (χ4n) is 0.960. The van der Waals surface area contributed by atoms with Crippen molar-refractivity contribution in [3.8, 4) is 0 Å². The van der Waals surface area contributed by atoms with E-state index in [9.17, 15) is 8.42 Å². The molecule has 0 aliphatic rings. The van der Waals surface area contributed by atoms with E-state index in [4.69, 9.17) is 0 Å². The molecule has 0 aliphatic carbocycles. The van der Waals surface area contributed by atoms with Crippen LogP contribution in [-0.2, 0) is 10.0 Å². The first kappa shape index (κ1) is 13.4. The minimum atomic E-state index is -3.04. The lowest BCUT2D eigenvalue weighted by atomic mass is 9.88. The number of alkyl halides is 1. The van der Waals surface area contributed by atoms with Crippen molar-refractivity contribution in [1.82, 2.24) is 4.72 Å². The summed E-state index contributed by atoms with van der Waals surface area (Å²) in [6.45, 7) is 4.64. The van der Waals surface area contributed by atoms with E-state index in [1.165, 1.54) is 6.26 Å². The largest absolute Gasteiger partial charge is 0.215 e. The van der Waals surface area contributed by atoms with E-state index in [0.29, 0.717) is 6.54 Å². The van der Waals surface area contributed by atoms with Gasteiger partial charge in [0.1, 0.15) is 0 Å². The lowest BCUT2D eigenvalue weighted by Gasteiger charge is -2.23. The smallest absolute Gasteiger partial charge is 0.208 e. The van der Waals surface area contributed by atoms with Crippen molar-refractivity contribution in [3.05, 3.63) is 0 Å². The molecule has 0 amide bonds. The summed E-state index contributed by atoms with van der Waals surface area (Å²) in [5.74, 6) is 0. The van der Waals surface area contributed by atoms with Gasteiger partial charge in [0.05, 0.1) is 6.26 Å². The van der Waals surface area contributed by atoms with Crippen molar-refractivity contribution in [2.45, 2.75) is 26.7 Å². The van der Waals surface area contributed by atoms with Crippen molar-refractivity contribution >= 4 is 26.0 Å². The average molecular weight is 272 g/mol. The predicted molar refractivity (Wildman–Crippen MR) is 59.7 cm³/mol. The first-order valence-electron chi connectivity index (χ1n) is 4.27. The van der Waals surface area contributed by atoms with Gasteiger partial charge in [0.2, 0.25) is 10.0 Å². The summed E-state index contributed by atoms with van der Waals surface area (Å²) in [6.07, 6.45) is 3.27. The van der Waals surface area contributed by atoms with Gasteiger partial charge in [-0.15, -0.1) is 0 Å². The van der Waals surface area contributed by atoms with Gasteiger partial charge in [0.15, 0.2) is 0 Å². The Morgan fingerprint density at radius 1 is 1.38 bits per heavy atom. The molecule has 5 heteroatoms. The van der Waals surface area contributed by atoms with Crippen molar-refractivity contribution in [3.63, 3.8) is 0 Å². The summed E-state index contributed by atoms with van der Waals surface area (Å²) in [5.41, 5.74) is 0.0385. The number of sulfonamides is 1. The van der Waals surface area contributed by atoms with Gasteiger partial charge in [-0.1, -0.05) is 29.8 Å². The van der Waals surface area contributed by atoms with E-state index in [1.54, 1.807) is 0 Å². The Bertz CT molecular complexity index is 237. The lowest BCUT2D eigenvalue weighted by Crippen LogP contribution is -2.33. The Kier molecular flexibility index (Phi) is 5.47. The molecule has 0 bridgehead atoms. The Morgan fingerprint density at radius 3 is 2.31 bits per heavy atom. The Balaban J connectivity index is 3.89. The van der Waals surface area contributed by atoms with Crippen LogP contribution < -0.4 is 4.72 Å². The zero-order valence-corrected chi connectivity index (χ0v) is 10.8. The first-order valence-corrected chi connectivity index (χ1v) is 7.29. The molecule has 0 aromatic rings. The van der Waals surface area contributed by atoms with Crippen molar-refractivity contribution in [1.29, 1.82) is 0 Å². The third-order valence-corrected chi connectivity index (χ3v) is 3.03. The van der Waals surface area contributed by atoms with Crippen LogP contribution in [0.1, 0.15) is 26.7 Å². The molecular formula is C8H18BrNO2S. The van der Waals surface area contributed by atoms with Gasteiger partial charge < -0.3 is 0 Å². The molecule has 1 N–H and O–H groups in total. The molecule has 0 saturated carbocycles. The molecule has 0 radical (unpaired) electrons. The van der Waals surface area contributed by atoms with Gasteiger partial charge in [0, 0.05) is 11.9 Å². The zero-order valence-electron chi connectivity index (χ0n) is 8.43. The highest BCUT2D eigenvalue weighted by Gasteiger charge is 2.18. The topological polar surface area (TPSA) is 46.2 Å². The van der Waals surface area contributed by atoms with Crippen molar-refractivity contribution in [2.24, 2.45) is 5.41 Å². The minimum absolute atomic E-state index is 0.0385. The maximum Gasteiger partial charge on any atom is 0.208 e. The summed E-state index contributed by atoms with van der Waals surface area (Å²) in [7, 11) is -3.04. The summed E-state index contributed by atoms with van der Waals surface area (Å²) >= 11 is 3.35. The normalized spacial score (nSPS) is 13.2. The van der Waals surface area contributed by atoms with Crippen LogP contribution in [0.25, 0.3) is 0 Å². The molecular weight excluding hydrogens is 254 g/mol. The van der Waals surface area contributed by atoms with Crippen molar-refractivity contribution in [2.75, 3.05) is 18.1 Å². The molecule has 0 aromatic heterocycles. The molecule has 0 aliphatic heterocycles. The van der Waals surface area contributed by atoms with E-state index >= 15 is 0 Å². The predicted octanol–water partition coefficient (Wildman–Crippen LogP) is 1.74. The molecule has 0 saturated heterocycles. The van der Waals surface area contributed by atoms with Crippen LogP contribution in [0.3, 0.4) is 0 Å². The van der Waals surface area contributed by atoms with Crippen LogP contribution >= 0.6 is 15.9 Å². The second kappa shape index (κ2) is 5.32. The number of hydrogen-bond acceptors (Lipinski definition) is 2. The van der Waals surface area contributed by atoms with Crippen LogP contribution in [0.2, 0.25) is 0 Å². The molecule has 0 spiro atoms. The van der Waals surface area contributed by atoms with Gasteiger partial charge in [-0.05, 0) is 18.3 Å². The number of nitrogens with one attached hydrogen (secondary N) is 1. The Morgan fingerprint density at radius 2 is 1.92 bits per heavy atom. The van der Waals surface area contributed by atoms with Crippen LogP contribution in [0, 0.1) is 5.41 Å². The molecule has 3 nitrogen and oxygen atoms in total. The SMILES string of the molecule is CC(C)(CCCBr)CNS(C)(=O)=O. The molecule has 80 valence electrons. The average Bonchev–Trinajstić information content (AvgIpc) is 1.97. The van der Waals surface area contributed by atoms with Crippen molar-refractivity contribution < 1.29 is 8.42 Å². The van der Waals surface area contributed by atoms with Gasteiger partial charge >= 0.3 is 0 Å².